The van der Waals surface area contributed by atoms with Gasteiger partial charge in [0.05, 0.1) is 5.69 Å². The van der Waals surface area contributed by atoms with Crippen molar-refractivity contribution in [3.05, 3.63) is 51.9 Å². The highest BCUT2D eigenvalue weighted by Crippen LogP contribution is 2.22. The molecule has 2 rings (SSSR count). The molecule has 0 amide bonds. The molecular weight excluding hydrogens is 351 g/mol. The third-order valence-corrected chi connectivity index (χ3v) is 3.22. The highest BCUT2D eigenvalue weighted by molar-refractivity contribution is 14.1. The van der Waals surface area contributed by atoms with Crippen LogP contribution in [0.3, 0.4) is 0 Å². The summed E-state index contributed by atoms with van der Waals surface area (Å²) >= 11 is 2.28. The molecule has 100 valence electrons. The van der Waals surface area contributed by atoms with Crippen LogP contribution in [0.2, 0.25) is 0 Å². The van der Waals surface area contributed by atoms with Gasteiger partial charge in [-0.3, -0.25) is 4.98 Å². The SMILES string of the molecule is CCCNCc1cc(Oc2cccc(I)c2)ccn1. The Hall–Kier alpha value is -1.14. The number of halogens is 1. The van der Waals surface area contributed by atoms with Crippen molar-refractivity contribution in [1.82, 2.24) is 10.3 Å². The summed E-state index contributed by atoms with van der Waals surface area (Å²) in [4.78, 5) is 4.33. The molecule has 1 aromatic carbocycles. The second-order valence-corrected chi connectivity index (χ2v) is 5.46. The maximum absolute atomic E-state index is 5.83. The molecule has 0 saturated heterocycles. The van der Waals surface area contributed by atoms with Gasteiger partial charge in [-0.2, -0.15) is 0 Å². The zero-order valence-corrected chi connectivity index (χ0v) is 13.1. The van der Waals surface area contributed by atoms with Crippen LogP contribution in [0, 0.1) is 3.57 Å². The van der Waals surface area contributed by atoms with Gasteiger partial charge in [0, 0.05) is 22.4 Å². The minimum absolute atomic E-state index is 0.775. The maximum atomic E-state index is 5.83. The summed E-state index contributed by atoms with van der Waals surface area (Å²) in [7, 11) is 0. The Morgan fingerprint density at radius 1 is 1.21 bits per heavy atom. The van der Waals surface area contributed by atoms with Gasteiger partial charge in [0.2, 0.25) is 0 Å². The Kier molecular flexibility index (Phi) is 5.60. The molecule has 0 atom stereocenters. The summed E-state index contributed by atoms with van der Waals surface area (Å²) in [5.41, 5.74) is 0.997. The van der Waals surface area contributed by atoms with Crippen molar-refractivity contribution in [3.8, 4) is 11.5 Å². The maximum Gasteiger partial charge on any atom is 0.130 e. The molecule has 0 aliphatic rings. The van der Waals surface area contributed by atoms with E-state index in [1.54, 1.807) is 6.20 Å². The number of hydrogen-bond donors (Lipinski definition) is 1. The van der Waals surface area contributed by atoms with E-state index in [2.05, 4.69) is 39.8 Å². The minimum Gasteiger partial charge on any atom is -0.457 e. The predicted molar refractivity (Wildman–Crippen MR) is 85.5 cm³/mol. The average molecular weight is 368 g/mol. The number of benzene rings is 1. The molecule has 19 heavy (non-hydrogen) atoms. The van der Waals surface area contributed by atoms with E-state index in [9.17, 15) is 0 Å². The Balaban J connectivity index is 2.02. The minimum atomic E-state index is 0.775. The van der Waals surface area contributed by atoms with Crippen LogP contribution in [0.15, 0.2) is 42.6 Å². The van der Waals surface area contributed by atoms with Gasteiger partial charge in [-0.25, -0.2) is 0 Å². The lowest BCUT2D eigenvalue weighted by atomic mass is 10.3. The molecule has 0 bridgehead atoms. The zero-order valence-electron chi connectivity index (χ0n) is 10.9. The first kappa shape index (κ1) is 14.3. The smallest absolute Gasteiger partial charge is 0.130 e. The van der Waals surface area contributed by atoms with E-state index in [0.29, 0.717) is 0 Å². The molecule has 1 aromatic heterocycles. The van der Waals surface area contributed by atoms with Gasteiger partial charge in [-0.05, 0) is 59.8 Å². The van der Waals surface area contributed by atoms with Gasteiger partial charge >= 0.3 is 0 Å². The van der Waals surface area contributed by atoms with Gasteiger partial charge in [0.1, 0.15) is 11.5 Å². The van der Waals surface area contributed by atoms with Gasteiger partial charge in [0.25, 0.3) is 0 Å². The molecule has 0 radical (unpaired) electrons. The molecule has 1 N–H and O–H groups in total. The van der Waals surface area contributed by atoms with E-state index in [1.807, 2.05) is 36.4 Å². The first-order chi connectivity index (χ1) is 9.28. The van der Waals surface area contributed by atoms with E-state index in [-0.39, 0.29) is 0 Å². The fraction of sp³-hybridized carbons (Fsp3) is 0.267. The van der Waals surface area contributed by atoms with Crippen LogP contribution in [-0.2, 0) is 6.54 Å². The Morgan fingerprint density at radius 2 is 2.05 bits per heavy atom. The number of nitrogens with zero attached hydrogens (tertiary/aromatic N) is 1. The van der Waals surface area contributed by atoms with Crippen molar-refractivity contribution in [2.45, 2.75) is 19.9 Å². The van der Waals surface area contributed by atoms with E-state index in [4.69, 9.17) is 4.74 Å². The second kappa shape index (κ2) is 7.45. The van der Waals surface area contributed by atoms with Crippen LogP contribution in [-0.4, -0.2) is 11.5 Å². The van der Waals surface area contributed by atoms with Crippen molar-refractivity contribution in [2.75, 3.05) is 6.54 Å². The molecule has 1 heterocycles. The fourth-order valence-electron chi connectivity index (χ4n) is 1.68. The molecule has 0 aliphatic carbocycles. The normalized spacial score (nSPS) is 10.4. The topological polar surface area (TPSA) is 34.1 Å². The standard InChI is InChI=1S/C15H17IN2O/c1-2-7-17-11-13-10-15(6-8-18-13)19-14-5-3-4-12(16)9-14/h3-6,8-10,17H,2,7,11H2,1H3. The number of rotatable bonds is 6. The highest BCUT2D eigenvalue weighted by atomic mass is 127. The lowest BCUT2D eigenvalue weighted by Gasteiger charge is -2.08. The summed E-state index contributed by atoms with van der Waals surface area (Å²) < 4.78 is 6.99. The molecule has 0 aliphatic heterocycles. The number of hydrogen-bond acceptors (Lipinski definition) is 3. The molecule has 4 heteroatoms. The number of nitrogens with one attached hydrogen (secondary N) is 1. The predicted octanol–water partition coefficient (Wildman–Crippen LogP) is 3.98. The first-order valence-electron chi connectivity index (χ1n) is 6.37. The average Bonchev–Trinajstić information content (AvgIpc) is 2.39. The van der Waals surface area contributed by atoms with Crippen LogP contribution in [0.4, 0.5) is 0 Å². The van der Waals surface area contributed by atoms with E-state index in [0.717, 1.165) is 40.3 Å². The van der Waals surface area contributed by atoms with Crippen molar-refractivity contribution < 1.29 is 4.74 Å². The molecule has 3 nitrogen and oxygen atoms in total. The molecule has 0 fully saturated rings. The van der Waals surface area contributed by atoms with Crippen LogP contribution < -0.4 is 10.1 Å². The summed E-state index contributed by atoms with van der Waals surface area (Å²) in [6, 6.07) is 11.8. The summed E-state index contributed by atoms with van der Waals surface area (Å²) in [5, 5.41) is 3.33. The van der Waals surface area contributed by atoms with Crippen LogP contribution >= 0.6 is 22.6 Å². The lowest BCUT2D eigenvalue weighted by molar-refractivity contribution is 0.480. The van der Waals surface area contributed by atoms with Crippen LogP contribution in [0.5, 0.6) is 11.5 Å². The van der Waals surface area contributed by atoms with E-state index < -0.39 is 0 Å². The van der Waals surface area contributed by atoms with Crippen molar-refractivity contribution >= 4 is 22.6 Å². The van der Waals surface area contributed by atoms with Crippen molar-refractivity contribution in [2.24, 2.45) is 0 Å². The Bertz CT molecular complexity index is 531. The third kappa shape index (κ3) is 4.80. The molecule has 0 saturated carbocycles. The van der Waals surface area contributed by atoms with Gasteiger partial charge in [0.15, 0.2) is 0 Å². The number of ether oxygens (including phenoxy) is 1. The monoisotopic (exact) mass is 368 g/mol. The number of pyridine rings is 1. The summed E-state index contributed by atoms with van der Waals surface area (Å²) in [6.45, 7) is 3.93. The molecular formula is C15H17IN2O. The first-order valence-corrected chi connectivity index (χ1v) is 7.45. The molecule has 0 unspecified atom stereocenters. The Morgan fingerprint density at radius 3 is 2.84 bits per heavy atom. The van der Waals surface area contributed by atoms with Gasteiger partial charge in [-0.1, -0.05) is 13.0 Å². The van der Waals surface area contributed by atoms with Crippen LogP contribution in [0.25, 0.3) is 0 Å². The quantitative estimate of drug-likeness (QED) is 0.619. The van der Waals surface area contributed by atoms with Crippen molar-refractivity contribution in [1.29, 1.82) is 0 Å². The zero-order chi connectivity index (χ0) is 13.5. The molecule has 0 spiro atoms. The number of aromatic nitrogens is 1. The van der Waals surface area contributed by atoms with Crippen molar-refractivity contribution in [3.63, 3.8) is 0 Å². The summed E-state index contributed by atoms with van der Waals surface area (Å²) in [5.74, 6) is 1.68. The van der Waals surface area contributed by atoms with Gasteiger partial charge in [-0.15, -0.1) is 0 Å². The summed E-state index contributed by atoms with van der Waals surface area (Å²) in [6.07, 6.45) is 2.91. The van der Waals surface area contributed by atoms with E-state index >= 15 is 0 Å². The van der Waals surface area contributed by atoms with Crippen LogP contribution in [0.1, 0.15) is 19.0 Å². The molecule has 2 aromatic rings. The highest BCUT2D eigenvalue weighted by Gasteiger charge is 2.00. The second-order valence-electron chi connectivity index (χ2n) is 4.22. The van der Waals surface area contributed by atoms with Gasteiger partial charge < -0.3 is 10.1 Å². The third-order valence-electron chi connectivity index (χ3n) is 2.55. The lowest BCUT2D eigenvalue weighted by Crippen LogP contribution is -2.14. The largest absolute Gasteiger partial charge is 0.457 e. The Labute approximate surface area is 127 Å². The van der Waals surface area contributed by atoms with E-state index in [1.165, 1.54) is 0 Å². The fourth-order valence-corrected chi connectivity index (χ4v) is 2.19.